The van der Waals surface area contributed by atoms with Gasteiger partial charge in [0, 0.05) is 33.2 Å². The van der Waals surface area contributed by atoms with Gasteiger partial charge in [0.25, 0.3) is 0 Å². The van der Waals surface area contributed by atoms with Gasteiger partial charge in [-0.15, -0.1) is 0 Å². The second-order valence-electron chi connectivity index (χ2n) is 4.51. The first-order valence-corrected chi connectivity index (χ1v) is 6.47. The third-order valence-corrected chi connectivity index (χ3v) is 4.51. The summed E-state index contributed by atoms with van der Waals surface area (Å²) < 4.78 is 2.28. The molecule has 0 aromatic carbocycles. The van der Waals surface area contributed by atoms with Crippen LogP contribution in [0, 0.1) is 0 Å². The molecule has 0 aliphatic carbocycles. The molecule has 2 fully saturated rings. The van der Waals surface area contributed by atoms with Crippen LogP contribution in [-0.4, -0.2) is 84.8 Å². The molecule has 5 nitrogen and oxygen atoms in total. The Balaban J connectivity index is 2.00. The number of hydrogen-bond donors (Lipinski definition) is 0. The number of rotatable bonds is 2. The van der Waals surface area contributed by atoms with Gasteiger partial charge in [-0.1, -0.05) is 0 Å². The van der Waals surface area contributed by atoms with E-state index in [0.717, 1.165) is 26.2 Å². The molecule has 0 spiro atoms. The highest BCUT2D eigenvalue weighted by Crippen LogP contribution is 2.33. The van der Waals surface area contributed by atoms with E-state index < -0.39 is 0 Å². The van der Waals surface area contributed by atoms with Crippen molar-refractivity contribution in [2.75, 3.05) is 47.3 Å². The predicted octanol–water partition coefficient (Wildman–Crippen LogP) is 0.0270. The maximum atomic E-state index is 4.14. The summed E-state index contributed by atoms with van der Waals surface area (Å²) in [7, 11) is 6.44. The van der Waals surface area contributed by atoms with Gasteiger partial charge in [0.05, 0.1) is 0 Å². The van der Waals surface area contributed by atoms with Crippen molar-refractivity contribution in [1.82, 2.24) is 19.0 Å². The zero-order chi connectivity index (χ0) is 11.7. The second kappa shape index (κ2) is 5.01. The molecule has 6 heteroatoms. The van der Waals surface area contributed by atoms with Crippen molar-refractivity contribution in [2.45, 2.75) is 11.8 Å². The van der Waals surface area contributed by atoms with Gasteiger partial charge in [0.15, 0.2) is 5.50 Å². The van der Waals surface area contributed by atoms with Crippen molar-refractivity contribution in [1.29, 1.82) is 0 Å². The lowest BCUT2D eigenvalue weighted by atomic mass is 10.3. The van der Waals surface area contributed by atoms with Gasteiger partial charge in [-0.2, -0.15) is 0 Å². The molecular weight excluding hydrogens is 222 g/mol. The summed E-state index contributed by atoms with van der Waals surface area (Å²) in [4.78, 5) is 11.3. The highest BCUT2D eigenvalue weighted by molar-refractivity contribution is 7.97. The lowest BCUT2D eigenvalue weighted by Gasteiger charge is -2.40. The number of nitrogens with zero attached hydrogens (tertiary/aromatic N) is 5. The molecule has 0 aromatic rings. The van der Waals surface area contributed by atoms with Crippen molar-refractivity contribution in [3.8, 4) is 0 Å². The zero-order valence-electron chi connectivity index (χ0n) is 10.3. The molecule has 0 saturated carbocycles. The number of hydrogen-bond acceptors (Lipinski definition) is 6. The Bertz CT molecular complexity index is 254. The summed E-state index contributed by atoms with van der Waals surface area (Å²) in [5.41, 5.74) is 0.162. The molecule has 1 unspecified atom stereocenters. The smallest absolute Gasteiger partial charge is 0.164 e. The van der Waals surface area contributed by atoms with Crippen LogP contribution in [0.4, 0.5) is 0 Å². The van der Waals surface area contributed by atoms with Gasteiger partial charge in [-0.25, -0.2) is 9.21 Å². The Morgan fingerprint density at radius 1 is 1.12 bits per heavy atom. The van der Waals surface area contributed by atoms with E-state index in [1.54, 1.807) is 11.9 Å². The maximum absolute atomic E-state index is 4.14. The molecular formula is C10H21N5S. The van der Waals surface area contributed by atoms with Crippen LogP contribution < -0.4 is 0 Å². The minimum atomic E-state index is 0.162. The van der Waals surface area contributed by atoms with E-state index in [0.29, 0.717) is 6.29 Å². The first-order chi connectivity index (χ1) is 7.63. The lowest BCUT2D eigenvalue weighted by Crippen LogP contribution is -2.56. The molecule has 2 heterocycles. The molecule has 0 bridgehead atoms. The zero-order valence-corrected chi connectivity index (χ0v) is 11.2. The fraction of sp³-hybridized carbons (Fsp3) is 0.900. The van der Waals surface area contributed by atoms with E-state index in [4.69, 9.17) is 0 Å². The minimum absolute atomic E-state index is 0.162. The predicted molar refractivity (Wildman–Crippen MR) is 69.3 cm³/mol. The van der Waals surface area contributed by atoms with Gasteiger partial charge in [-0.05, 0) is 32.8 Å². The van der Waals surface area contributed by atoms with Crippen molar-refractivity contribution in [3.05, 3.63) is 0 Å². The van der Waals surface area contributed by atoms with Gasteiger partial charge < -0.3 is 4.90 Å². The normalized spacial score (nSPS) is 35.7. The first kappa shape index (κ1) is 12.3. The standard InChI is InChI=1S/C10H21N5S/c1-11-9-13(3)10(14(4)16-9)15-7-5-12(2)6-8-15/h9-10H,1,5-8H2,2-4H3/t9?,10-/m1/s1. The first-order valence-electron chi connectivity index (χ1n) is 5.63. The SMILES string of the molecule is C=NC1SN(C)[C@H](N2CCN(C)CC2)N1C. The third kappa shape index (κ3) is 2.26. The second-order valence-corrected chi connectivity index (χ2v) is 5.72. The van der Waals surface area contributed by atoms with Crippen LogP contribution in [0.1, 0.15) is 0 Å². The quantitative estimate of drug-likeness (QED) is 0.503. The fourth-order valence-electron chi connectivity index (χ4n) is 2.35. The fourth-order valence-corrected chi connectivity index (χ4v) is 3.36. The molecule has 92 valence electrons. The third-order valence-electron chi connectivity index (χ3n) is 3.32. The molecule has 0 aromatic heterocycles. The van der Waals surface area contributed by atoms with E-state index in [-0.39, 0.29) is 5.50 Å². The molecule has 2 saturated heterocycles. The highest BCUT2D eigenvalue weighted by atomic mass is 32.2. The van der Waals surface area contributed by atoms with Crippen molar-refractivity contribution < 1.29 is 0 Å². The summed E-state index contributed by atoms with van der Waals surface area (Å²) >= 11 is 1.75. The molecule has 16 heavy (non-hydrogen) atoms. The van der Waals surface area contributed by atoms with Crippen LogP contribution in [0.2, 0.25) is 0 Å². The van der Waals surface area contributed by atoms with Gasteiger partial charge in [0.2, 0.25) is 0 Å². The average Bonchev–Trinajstić information content (AvgIpc) is 2.56. The summed E-state index contributed by atoms with van der Waals surface area (Å²) in [6, 6.07) is 0. The Morgan fingerprint density at radius 2 is 1.75 bits per heavy atom. The van der Waals surface area contributed by atoms with Crippen LogP contribution in [0.3, 0.4) is 0 Å². The summed E-state index contributed by atoms with van der Waals surface area (Å²) in [5.74, 6) is 0. The minimum Gasteiger partial charge on any atom is -0.304 e. The van der Waals surface area contributed by atoms with E-state index in [9.17, 15) is 0 Å². The number of piperazine rings is 1. The average molecular weight is 243 g/mol. The maximum Gasteiger partial charge on any atom is 0.164 e. The molecule has 2 atom stereocenters. The monoisotopic (exact) mass is 243 g/mol. The Hall–Kier alpha value is -0.140. The highest BCUT2D eigenvalue weighted by Gasteiger charge is 2.39. The van der Waals surface area contributed by atoms with E-state index in [1.165, 1.54) is 0 Å². The Kier molecular flexibility index (Phi) is 3.86. The molecule has 0 radical (unpaired) electrons. The van der Waals surface area contributed by atoms with Crippen LogP contribution in [0.25, 0.3) is 0 Å². The van der Waals surface area contributed by atoms with E-state index in [1.807, 2.05) is 0 Å². The lowest BCUT2D eigenvalue weighted by molar-refractivity contribution is -0.0146. The topological polar surface area (TPSA) is 25.3 Å². The summed E-state index contributed by atoms with van der Waals surface area (Å²) in [6.45, 7) is 8.20. The molecule has 2 aliphatic heterocycles. The van der Waals surface area contributed by atoms with E-state index in [2.05, 4.69) is 51.9 Å². The summed E-state index contributed by atoms with van der Waals surface area (Å²) in [5, 5.41) is 0. The molecule has 0 amide bonds. The van der Waals surface area contributed by atoms with Crippen LogP contribution in [0.5, 0.6) is 0 Å². The molecule has 2 rings (SSSR count). The largest absolute Gasteiger partial charge is 0.304 e. The number of aliphatic imine (C=N–C) groups is 1. The number of likely N-dealkylation sites (N-methyl/N-ethyl adjacent to an activating group) is 1. The molecule has 2 aliphatic rings. The van der Waals surface area contributed by atoms with Gasteiger partial charge >= 0.3 is 0 Å². The van der Waals surface area contributed by atoms with Gasteiger partial charge in [0.1, 0.15) is 6.29 Å². The van der Waals surface area contributed by atoms with Crippen molar-refractivity contribution >= 4 is 18.7 Å². The van der Waals surface area contributed by atoms with Gasteiger partial charge in [-0.3, -0.25) is 9.89 Å². The van der Waals surface area contributed by atoms with Crippen molar-refractivity contribution in [3.63, 3.8) is 0 Å². The van der Waals surface area contributed by atoms with E-state index >= 15 is 0 Å². The Labute approximate surface area is 102 Å². The Morgan fingerprint density at radius 3 is 2.25 bits per heavy atom. The van der Waals surface area contributed by atoms with Crippen LogP contribution >= 0.6 is 11.9 Å². The van der Waals surface area contributed by atoms with Crippen LogP contribution in [-0.2, 0) is 0 Å². The van der Waals surface area contributed by atoms with Crippen molar-refractivity contribution in [2.24, 2.45) is 4.99 Å². The van der Waals surface area contributed by atoms with Crippen LogP contribution in [0.15, 0.2) is 4.99 Å². The summed E-state index contributed by atoms with van der Waals surface area (Å²) in [6.07, 6.45) is 0.356. The molecule has 0 N–H and O–H groups in total.